The van der Waals surface area contributed by atoms with Gasteiger partial charge < -0.3 is 21.5 Å². The molecule has 0 unspecified atom stereocenters. The minimum absolute atomic E-state index is 0.0839. The Labute approximate surface area is 255 Å². The highest BCUT2D eigenvalue weighted by Gasteiger charge is 2.35. The molecule has 5 rings (SSSR count). The van der Waals surface area contributed by atoms with Crippen LogP contribution in [0.2, 0.25) is 0 Å². The summed E-state index contributed by atoms with van der Waals surface area (Å²) in [6.07, 6.45) is 7.12. The van der Waals surface area contributed by atoms with Crippen LogP contribution >= 0.6 is 0 Å². The van der Waals surface area contributed by atoms with Gasteiger partial charge in [-0.3, -0.25) is 0 Å². The molecule has 0 radical (unpaired) electrons. The molecule has 0 saturated heterocycles. The number of nitrogens with one attached hydrogen (secondary N) is 2. The van der Waals surface area contributed by atoms with Crippen LogP contribution in [-0.4, -0.2) is 33.8 Å². The van der Waals surface area contributed by atoms with Crippen molar-refractivity contribution < 1.29 is 9.50 Å². The minimum atomic E-state index is -0.673. The molecule has 43 heavy (non-hydrogen) atoms. The summed E-state index contributed by atoms with van der Waals surface area (Å²) in [5.41, 5.74) is 12.6. The first-order chi connectivity index (χ1) is 20.6. The van der Waals surface area contributed by atoms with Crippen molar-refractivity contribution in [3.05, 3.63) is 108 Å². The molecule has 1 aliphatic rings. The molecule has 226 valence electrons. The van der Waals surface area contributed by atoms with Gasteiger partial charge in [0.1, 0.15) is 18.0 Å². The Bertz CT molecular complexity index is 1480. The Hall–Kier alpha value is -3.65. The average molecular weight is 582 g/mol. The van der Waals surface area contributed by atoms with Gasteiger partial charge in [-0.1, -0.05) is 76.4 Å². The van der Waals surface area contributed by atoms with E-state index in [9.17, 15) is 9.50 Å². The van der Waals surface area contributed by atoms with Gasteiger partial charge in [-0.2, -0.15) is 0 Å². The van der Waals surface area contributed by atoms with E-state index in [2.05, 4.69) is 65.6 Å². The van der Waals surface area contributed by atoms with Gasteiger partial charge >= 0.3 is 0 Å². The molecular weight excluding hydrogens is 537 g/mol. The number of anilines is 2. The van der Waals surface area contributed by atoms with Gasteiger partial charge in [0.25, 0.3) is 0 Å². The van der Waals surface area contributed by atoms with E-state index in [4.69, 9.17) is 5.73 Å². The van der Waals surface area contributed by atoms with Crippen molar-refractivity contribution in [2.24, 2.45) is 5.73 Å². The summed E-state index contributed by atoms with van der Waals surface area (Å²) >= 11 is 0. The van der Waals surface area contributed by atoms with Crippen molar-refractivity contribution >= 4 is 11.5 Å². The zero-order valence-corrected chi connectivity index (χ0v) is 25.5. The normalized spacial score (nSPS) is 16.4. The SMILES string of the molecule is CC(C)(C)c1cccc(C2(NC[C@@H](O)[C@@H](N)Cc3ccc(Nc4cc(-c5ccc(F)cc5)ncn4)cc3)CCCCC2)c1. The second-order valence-corrected chi connectivity index (χ2v) is 12.9. The van der Waals surface area contributed by atoms with Crippen LogP contribution < -0.4 is 16.4 Å². The van der Waals surface area contributed by atoms with E-state index < -0.39 is 12.1 Å². The van der Waals surface area contributed by atoms with Crippen LogP contribution in [0, 0.1) is 5.82 Å². The molecule has 1 heterocycles. The van der Waals surface area contributed by atoms with E-state index in [1.807, 2.05) is 30.3 Å². The number of hydrogen-bond donors (Lipinski definition) is 4. The van der Waals surface area contributed by atoms with Gasteiger partial charge in [0.2, 0.25) is 0 Å². The van der Waals surface area contributed by atoms with Crippen molar-refractivity contribution in [1.82, 2.24) is 15.3 Å². The molecule has 7 heteroatoms. The number of aliphatic hydroxyl groups excluding tert-OH is 1. The summed E-state index contributed by atoms with van der Waals surface area (Å²) < 4.78 is 13.3. The fourth-order valence-corrected chi connectivity index (χ4v) is 5.94. The second-order valence-electron chi connectivity index (χ2n) is 12.9. The molecule has 5 N–H and O–H groups in total. The largest absolute Gasteiger partial charge is 0.390 e. The fourth-order valence-electron chi connectivity index (χ4n) is 5.94. The number of nitrogens with two attached hydrogens (primary N) is 1. The monoisotopic (exact) mass is 581 g/mol. The van der Waals surface area contributed by atoms with Crippen molar-refractivity contribution in [2.45, 2.75) is 82.4 Å². The summed E-state index contributed by atoms with van der Waals surface area (Å²) in [5, 5.41) is 18.2. The third-order valence-corrected chi connectivity index (χ3v) is 8.64. The summed E-state index contributed by atoms with van der Waals surface area (Å²) in [6, 6.07) is 24.6. The Kier molecular flexibility index (Phi) is 9.55. The third kappa shape index (κ3) is 7.85. The number of nitrogens with zero attached hydrogens (tertiary/aromatic N) is 2. The molecular formula is C36H44FN5O. The standard InChI is InChI=1S/C36H44FN5O/c1-35(2,3)27-8-7-9-28(21-27)36(18-5-4-6-19-36)41-23-33(43)31(38)20-25-10-16-30(17-11-25)42-34-22-32(39-24-40-34)26-12-14-29(37)15-13-26/h7-17,21-22,24,31,33,41,43H,4-6,18-20,23,38H2,1-3H3,(H,39,40,42)/t31-,33+/m0/s1. The Morgan fingerprint density at radius 2 is 1.65 bits per heavy atom. The molecule has 0 aliphatic heterocycles. The predicted octanol–water partition coefficient (Wildman–Crippen LogP) is 7.00. The van der Waals surface area contributed by atoms with Gasteiger partial charge in [0.15, 0.2) is 0 Å². The quantitative estimate of drug-likeness (QED) is 0.161. The number of rotatable bonds is 10. The first kappa shape index (κ1) is 30.8. The van der Waals surface area contributed by atoms with Crippen LogP contribution in [0.15, 0.2) is 85.2 Å². The van der Waals surface area contributed by atoms with Gasteiger partial charge in [0, 0.05) is 35.4 Å². The lowest BCUT2D eigenvalue weighted by molar-refractivity contribution is 0.116. The van der Waals surface area contributed by atoms with E-state index in [-0.39, 0.29) is 16.8 Å². The molecule has 1 fully saturated rings. The van der Waals surface area contributed by atoms with Crippen LogP contribution in [0.25, 0.3) is 11.3 Å². The van der Waals surface area contributed by atoms with E-state index in [0.29, 0.717) is 24.5 Å². The maximum Gasteiger partial charge on any atom is 0.134 e. The second kappa shape index (κ2) is 13.3. The summed E-state index contributed by atoms with van der Waals surface area (Å²) in [7, 11) is 0. The van der Waals surface area contributed by atoms with Crippen molar-refractivity contribution in [2.75, 3.05) is 11.9 Å². The Morgan fingerprint density at radius 1 is 0.930 bits per heavy atom. The summed E-state index contributed by atoms with van der Waals surface area (Å²) in [6.45, 7) is 7.20. The van der Waals surface area contributed by atoms with E-state index in [1.165, 1.54) is 48.8 Å². The highest BCUT2D eigenvalue weighted by atomic mass is 19.1. The minimum Gasteiger partial charge on any atom is -0.390 e. The van der Waals surface area contributed by atoms with Crippen molar-refractivity contribution in [3.8, 4) is 11.3 Å². The molecule has 1 aliphatic carbocycles. The number of benzene rings is 3. The molecule has 0 spiro atoms. The van der Waals surface area contributed by atoms with Crippen LogP contribution in [0.1, 0.15) is 69.6 Å². The zero-order valence-electron chi connectivity index (χ0n) is 25.5. The molecule has 3 aromatic carbocycles. The van der Waals surface area contributed by atoms with Crippen LogP contribution in [0.4, 0.5) is 15.9 Å². The lowest BCUT2D eigenvalue weighted by Gasteiger charge is -2.40. The van der Waals surface area contributed by atoms with E-state index in [1.54, 1.807) is 12.1 Å². The molecule has 0 amide bonds. The lowest BCUT2D eigenvalue weighted by Crippen LogP contribution is -2.51. The first-order valence-electron chi connectivity index (χ1n) is 15.3. The van der Waals surface area contributed by atoms with Gasteiger partial charge in [0.05, 0.1) is 11.8 Å². The lowest BCUT2D eigenvalue weighted by atomic mass is 9.74. The van der Waals surface area contributed by atoms with Crippen molar-refractivity contribution in [1.29, 1.82) is 0 Å². The van der Waals surface area contributed by atoms with E-state index >= 15 is 0 Å². The maximum absolute atomic E-state index is 13.3. The molecule has 1 saturated carbocycles. The topological polar surface area (TPSA) is 96.1 Å². The number of aliphatic hydroxyl groups is 1. The van der Waals surface area contributed by atoms with Crippen LogP contribution in [0.5, 0.6) is 0 Å². The number of hydrogen-bond acceptors (Lipinski definition) is 6. The average Bonchev–Trinajstić information content (AvgIpc) is 3.01. The maximum atomic E-state index is 13.3. The smallest absolute Gasteiger partial charge is 0.134 e. The molecule has 0 bridgehead atoms. The van der Waals surface area contributed by atoms with Crippen LogP contribution in [0.3, 0.4) is 0 Å². The summed E-state index contributed by atoms with van der Waals surface area (Å²) in [4.78, 5) is 8.63. The Morgan fingerprint density at radius 3 is 2.35 bits per heavy atom. The number of aromatic nitrogens is 2. The molecule has 1 aromatic heterocycles. The van der Waals surface area contributed by atoms with Gasteiger partial charge in [-0.15, -0.1) is 0 Å². The molecule has 6 nitrogen and oxygen atoms in total. The fraction of sp³-hybridized carbons (Fsp3) is 0.389. The molecule has 4 aromatic rings. The zero-order chi connectivity index (χ0) is 30.5. The van der Waals surface area contributed by atoms with Crippen LogP contribution in [-0.2, 0) is 17.4 Å². The predicted molar refractivity (Wildman–Crippen MR) is 173 cm³/mol. The molecule has 2 atom stereocenters. The van der Waals surface area contributed by atoms with Gasteiger partial charge in [-0.05, 0) is 77.8 Å². The van der Waals surface area contributed by atoms with Crippen molar-refractivity contribution in [3.63, 3.8) is 0 Å². The Balaban J connectivity index is 1.19. The van der Waals surface area contributed by atoms with E-state index in [0.717, 1.165) is 29.7 Å². The summed E-state index contributed by atoms with van der Waals surface area (Å²) in [5.74, 6) is 0.361. The highest BCUT2D eigenvalue weighted by molar-refractivity contribution is 5.65. The van der Waals surface area contributed by atoms with Gasteiger partial charge in [-0.25, -0.2) is 14.4 Å². The third-order valence-electron chi connectivity index (χ3n) is 8.64. The highest BCUT2D eigenvalue weighted by Crippen LogP contribution is 2.38. The number of halogens is 1. The first-order valence-corrected chi connectivity index (χ1v) is 15.3.